The predicted octanol–water partition coefficient (Wildman–Crippen LogP) is 4.46. The molecule has 0 saturated carbocycles. The van der Waals surface area contributed by atoms with Gasteiger partial charge in [0.05, 0.1) is 16.6 Å². The third kappa shape index (κ3) is 4.81. The number of hydrogen-bond donors (Lipinski definition) is 1. The van der Waals surface area contributed by atoms with E-state index in [4.69, 9.17) is 4.74 Å². The number of hydrogen-bond acceptors (Lipinski definition) is 4. The van der Waals surface area contributed by atoms with Crippen molar-refractivity contribution < 1.29 is 17.9 Å². The van der Waals surface area contributed by atoms with Crippen LogP contribution in [0.5, 0.6) is 5.75 Å². The van der Waals surface area contributed by atoms with E-state index in [9.17, 15) is 13.2 Å². The van der Waals surface area contributed by atoms with Crippen molar-refractivity contribution in [2.75, 3.05) is 17.5 Å². The van der Waals surface area contributed by atoms with Crippen molar-refractivity contribution in [2.45, 2.75) is 24.3 Å². The maximum Gasteiger partial charge on any atom is 0.264 e. The fraction of sp³-hybridized carbons (Fsp3) is 0.208. The number of amides is 1. The standard InChI is InChI=1S/C24H23BrN2O4S/c1-17(18-6-8-20(25)9-7-18)26-24(28)16-31-21-10-12-22(13-11-21)32(29,30)27-15-14-19-4-2-3-5-23(19)27/h2-13,17H,14-16H2,1H3,(H,26,28). The van der Waals surface area contributed by atoms with Gasteiger partial charge in [-0.15, -0.1) is 0 Å². The Kier molecular flexibility index (Phi) is 6.53. The summed E-state index contributed by atoms with van der Waals surface area (Å²) < 4.78 is 34.1. The minimum atomic E-state index is -3.65. The molecule has 32 heavy (non-hydrogen) atoms. The van der Waals surface area contributed by atoms with E-state index in [2.05, 4.69) is 21.2 Å². The number of fused-ring (bicyclic) bond motifs is 1. The normalized spacial score (nSPS) is 14.0. The number of para-hydroxylation sites is 1. The minimum Gasteiger partial charge on any atom is -0.484 e. The molecule has 0 saturated heterocycles. The molecule has 4 rings (SSSR count). The molecule has 1 atom stereocenters. The summed E-state index contributed by atoms with van der Waals surface area (Å²) in [6, 6.07) is 21.2. The number of anilines is 1. The molecule has 3 aromatic rings. The van der Waals surface area contributed by atoms with Gasteiger partial charge in [-0.25, -0.2) is 8.42 Å². The third-order valence-electron chi connectivity index (χ3n) is 5.37. The molecular weight excluding hydrogens is 492 g/mol. The largest absolute Gasteiger partial charge is 0.484 e. The molecule has 1 amide bonds. The van der Waals surface area contributed by atoms with Crippen molar-refractivity contribution in [1.29, 1.82) is 0 Å². The maximum atomic E-state index is 13.1. The summed E-state index contributed by atoms with van der Waals surface area (Å²) in [6.07, 6.45) is 0.699. The number of nitrogens with one attached hydrogen (secondary N) is 1. The van der Waals surface area contributed by atoms with Gasteiger partial charge in [0, 0.05) is 11.0 Å². The Morgan fingerprint density at radius 1 is 1.06 bits per heavy atom. The Hall–Kier alpha value is -2.84. The van der Waals surface area contributed by atoms with Gasteiger partial charge >= 0.3 is 0 Å². The van der Waals surface area contributed by atoms with Gasteiger partial charge in [-0.2, -0.15) is 0 Å². The molecule has 166 valence electrons. The molecule has 1 unspecified atom stereocenters. The van der Waals surface area contributed by atoms with E-state index in [1.165, 1.54) is 16.4 Å². The molecule has 0 aromatic heterocycles. The molecule has 0 aliphatic carbocycles. The van der Waals surface area contributed by atoms with Crippen molar-refractivity contribution in [1.82, 2.24) is 5.32 Å². The number of sulfonamides is 1. The number of benzene rings is 3. The van der Waals surface area contributed by atoms with Crippen LogP contribution < -0.4 is 14.4 Å². The second-order valence-electron chi connectivity index (χ2n) is 7.56. The lowest BCUT2D eigenvalue weighted by Gasteiger charge is -2.19. The second-order valence-corrected chi connectivity index (χ2v) is 10.3. The van der Waals surface area contributed by atoms with E-state index in [1.54, 1.807) is 12.1 Å². The zero-order valence-electron chi connectivity index (χ0n) is 17.5. The zero-order valence-corrected chi connectivity index (χ0v) is 19.9. The average molecular weight is 515 g/mol. The smallest absolute Gasteiger partial charge is 0.264 e. The minimum absolute atomic E-state index is 0.157. The van der Waals surface area contributed by atoms with Gasteiger partial charge in [0.15, 0.2) is 6.61 Å². The van der Waals surface area contributed by atoms with Gasteiger partial charge in [0.25, 0.3) is 15.9 Å². The summed E-state index contributed by atoms with van der Waals surface area (Å²) >= 11 is 3.39. The van der Waals surface area contributed by atoms with Crippen LogP contribution in [0.25, 0.3) is 0 Å². The quantitative estimate of drug-likeness (QED) is 0.505. The molecule has 0 bridgehead atoms. The number of nitrogens with zero attached hydrogens (tertiary/aromatic N) is 1. The van der Waals surface area contributed by atoms with Crippen molar-refractivity contribution in [3.05, 3.63) is 88.4 Å². The van der Waals surface area contributed by atoms with Crippen molar-refractivity contribution >= 4 is 37.5 Å². The monoisotopic (exact) mass is 514 g/mol. The van der Waals surface area contributed by atoms with Crippen LogP contribution in [0, 0.1) is 0 Å². The zero-order chi connectivity index (χ0) is 22.7. The van der Waals surface area contributed by atoms with Gasteiger partial charge < -0.3 is 10.1 Å². The van der Waals surface area contributed by atoms with Gasteiger partial charge in [-0.05, 0) is 66.9 Å². The summed E-state index contributed by atoms with van der Waals surface area (Å²) in [5, 5.41) is 2.89. The lowest BCUT2D eigenvalue weighted by atomic mass is 10.1. The summed E-state index contributed by atoms with van der Waals surface area (Å²) in [5.74, 6) is 0.169. The molecule has 6 nitrogen and oxygen atoms in total. The van der Waals surface area contributed by atoms with Crippen LogP contribution in [0.3, 0.4) is 0 Å². The average Bonchev–Trinajstić information content (AvgIpc) is 3.23. The number of ether oxygens (including phenoxy) is 1. The van der Waals surface area contributed by atoms with E-state index < -0.39 is 10.0 Å². The van der Waals surface area contributed by atoms with Crippen LogP contribution in [0.15, 0.2) is 82.2 Å². The second kappa shape index (κ2) is 9.34. The first-order valence-electron chi connectivity index (χ1n) is 10.2. The van der Waals surface area contributed by atoms with E-state index in [-0.39, 0.29) is 23.5 Å². The van der Waals surface area contributed by atoms with Crippen LogP contribution >= 0.6 is 15.9 Å². The first-order valence-corrected chi connectivity index (χ1v) is 12.5. The molecule has 0 fully saturated rings. The lowest BCUT2D eigenvalue weighted by Crippen LogP contribution is -2.31. The molecule has 3 aromatic carbocycles. The molecule has 0 radical (unpaired) electrons. The van der Waals surface area contributed by atoms with Gasteiger partial charge in [0.1, 0.15) is 5.75 Å². The molecule has 1 aliphatic heterocycles. The maximum absolute atomic E-state index is 13.1. The lowest BCUT2D eigenvalue weighted by molar-refractivity contribution is -0.123. The molecule has 1 heterocycles. The number of rotatable bonds is 7. The molecule has 0 spiro atoms. The Morgan fingerprint density at radius 2 is 1.75 bits per heavy atom. The predicted molar refractivity (Wildman–Crippen MR) is 127 cm³/mol. The first kappa shape index (κ1) is 22.4. The molecular formula is C24H23BrN2O4S. The van der Waals surface area contributed by atoms with E-state index in [0.29, 0.717) is 18.7 Å². The Morgan fingerprint density at radius 3 is 2.47 bits per heavy atom. The summed E-state index contributed by atoms with van der Waals surface area (Å²) in [7, 11) is -3.65. The van der Waals surface area contributed by atoms with Gasteiger partial charge in [-0.3, -0.25) is 9.10 Å². The highest BCUT2D eigenvalue weighted by Crippen LogP contribution is 2.33. The molecule has 1 aliphatic rings. The number of halogens is 1. The van der Waals surface area contributed by atoms with Crippen molar-refractivity contribution in [2.24, 2.45) is 0 Å². The topological polar surface area (TPSA) is 75.7 Å². The summed E-state index contributed by atoms with van der Waals surface area (Å²) in [5.41, 5.74) is 2.74. The van der Waals surface area contributed by atoms with E-state index in [1.807, 2.05) is 55.5 Å². The fourth-order valence-electron chi connectivity index (χ4n) is 3.66. The highest BCUT2D eigenvalue weighted by Gasteiger charge is 2.30. The van der Waals surface area contributed by atoms with Crippen LogP contribution in [-0.2, 0) is 21.2 Å². The van der Waals surface area contributed by atoms with Crippen molar-refractivity contribution in [3.63, 3.8) is 0 Å². The van der Waals surface area contributed by atoms with Gasteiger partial charge in [-0.1, -0.05) is 46.3 Å². The number of carbonyl (C=O) groups excluding carboxylic acids is 1. The SMILES string of the molecule is CC(NC(=O)COc1ccc(S(=O)(=O)N2CCc3ccccc32)cc1)c1ccc(Br)cc1. The van der Waals surface area contributed by atoms with Crippen LogP contribution in [-0.4, -0.2) is 27.5 Å². The van der Waals surface area contributed by atoms with E-state index in [0.717, 1.165) is 21.3 Å². The Bertz CT molecular complexity index is 1210. The highest BCUT2D eigenvalue weighted by molar-refractivity contribution is 9.10. The Balaban J connectivity index is 1.36. The summed E-state index contributed by atoms with van der Waals surface area (Å²) in [6.45, 7) is 2.17. The van der Waals surface area contributed by atoms with Crippen LogP contribution in [0.1, 0.15) is 24.1 Å². The highest BCUT2D eigenvalue weighted by atomic mass is 79.9. The van der Waals surface area contributed by atoms with Crippen LogP contribution in [0.4, 0.5) is 5.69 Å². The summed E-state index contributed by atoms with van der Waals surface area (Å²) in [4.78, 5) is 12.4. The van der Waals surface area contributed by atoms with Crippen molar-refractivity contribution in [3.8, 4) is 5.75 Å². The van der Waals surface area contributed by atoms with Crippen LogP contribution in [0.2, 0.25) is 0 Å². The molecule has 8 heteroatoms. The van der Waals surface area contributed by atoms with E-state index >= 15 is 0 Å². The third-order valence-corrected chi connectivity index (χ3v) is 7.73. The first-order chi connectivity index (χ1) is 15.3. The fourth-order valence-corrected chi connectivity index (χ4v) is 5.43. The Labute approximate surface area is 196 Å². The molecule has 1 N–H and O–H groups in total. The van der Waals surface area contributed by atoms with Gasteiger partial charge in [0.2, 0.25) is 0 Å². The number of carbonyl (C=O) groups is 1.